The van der Waals surface area contributed by atoms with Crippen molar-refractivity contribution in [3.63, 3.8) is 0 Å². The molecule has 1 heterocycles. The predicted molar refractivity (Wildman–Crippen MR) is 75.4 cm³/mol. The minimum absolute atomic E-state index is 0.0381. The second-order valence-electron chi connectivity index (χ2n) is 4.34. The molecule has 2 rings (SSSR count). The van der Waals surface area contributed by atoms with Crippen LogP contribution in [-0.4, -0.2) is 37.7 Å². The molecule has 0 bridgehead atoms. The standard InChI is InChI=1S/C12H12BrNO5S/c13-8-2-1-3-9-12(8)14(6-7-20(9,18)19)10(15)4-5-11(16)17/h1-3H,4-7H2,(H,16,17). The molecule has 1 aromatic rings. The molecule has 0 unspecified atom stereocenters. The third kappa shape index (κ3) is 2.85. The fourth-order valence-corrected chi connectivity index (χ4v) is 4.19. The maximum atomic E-state index is 12.1. The molecular formula is C12H12BrNO5S. The Morgan fingerprint density at radius 3 is 2.65 bits per heavy atom. The molecule has 0 aliphatic carbocycles. The second-order valence-corrected chi connectivity index (χ2v) is 7.28. The lowest BCUT2D eigenvalue weighted by atomic mass is 10.2. The highest BCUT2D eigenvalue weighted by Gasteiger charge is 2.32. The fraction of sp³-hybridized carbons (Fsp3) is 0.333. The van der Waals surface area contributed by atoms with Crippen LogP contribution < -0.4 is 4.90 Å². The number of carbonyl (C=O) groups excluding carboxylic acids is 1. The van der Waals surface area contributed by atoms with Crippen molar-refractivity contribution in [2.24, 2.45) is 0 Å². The molecule has 1 aliphatic rings. The number of aliphatic carboxylic acids is 1. The van der Waals surface area contributed by atoms with Crippen LogP contribution in [0.3, 0.4) is 0 Å². The molecule has 0 radical (unpaired) electrons. The molecule has 0 saturated heterocycles. The molecule has 20 heavy (non-hydrogen) atoms. The third-order valence-corrected chi connectivity index (χ3v) is 5.35. The monoisotopic (exact) mass is 361 g/mol. The van der Waals surface area contributed by atoms with E-state index in [9.17, 15) is 18.0 Å². The smallest absolute Gasteiger partial charge is 0.303 e. The van der Waals surface area contributed by atoms with E-state index in [1.165, 1.54) is 11.0 Å². The first-order chi connectivity index (χ1) is 9.33. The van der Waals surface area contributed by atoms with E-state index >= 15 is 0 Å². The molecule has 1 aliphatic heterocycles. The number of benzene rings is 1. The molecule has 1 amide bonds. The van der Waals surface area contributed by atoms with Gasteiger partial charge in [0.25, 0.3) is 0 Å². The normalized spacial score (nSPS) is 16.6. The fourth-order valence-electron chi connectivity index (χ4n) is 2.04. The third-order valence-electron chi connectivity index (χ3n) is 2.99. The van der Waals surface area contributed by atoms with Gasteiger partial charge in [0.1, 0.15) is 0 Å². The summed E-state index contributed by atoms with van der Waals surface area (Å²) in [6.07, 6.45) is -0.433. The Bertz CT molecular complexity index is 670. The summed E-state index contributed by atoms with van der Waals surface area (Å²) in [6, 6.07) is 4.69. The van der Waals surface area contributed by atoms with Crippen molar-refractivity contribution in [2.75, 3.05) is 17.2 Å². The van der Waals surface area contributed by atoms with E-state index in [2.05, 4.69) is 15.9 Å². The van der Waals surface area contributed by atoms with Crippen molar-refractivity contribution in [1.82, 2.24) is 0 Å². The molecule has 0 aromatic heterocycles. The highest BCUT2D eigenvalue weighted by Crippen LogP contribution is 2.37. The zero-order chi connectivity index (χ0) is 14.9. The lowest BCUT2D eigenvalue weighted by Crippen LogP contribution is -2.40. The van der Waals surface area contributed by atoms with Crippen molar-refractivity contribution in [3.8, 4) is 0 Å². The maximum absolute atomic E-state index is 12.1. The Morgan fingerprint density at radius 2 is 2.00 bits per heavy atom. The quantitative estimate of drug-likeness (QED) is 0.879. The molecule has 1 aromatic carbocycles. The van der Waals surface area contributed by atoms with Gasteiger partial charge < -0.3 is 10.0 Å². The topological polar surface area (TPSA) is 91.8 Å². The van der Waals surface area contributed by atoms with Gasteiger partial charge >= 0.3 is 5.97 Å². The van der Waals surface area contributed by atoms with Crippen LogP contribution in [0.1, 0.15) is 12.8 Å². The predicted octanol–water partition coefficient (Wildman–Crippen LogP) is 1.43. The lowest BCUT2D eigenvalue weighted by molar-refractivity contribution is -0.138. The Morgan fingerprint density at radius 1 is 1.30 bits per heavy atom. The lowest BCUT2D eigenvalue weighted by Gasteiger charge is -2.30. The van der Waals surface area contributed by atoms with E-state index < -0.39 is 21.7 Å². The molecule has 108 valence electrons. The van der Waals surface area contributed by atoms with E-state index in [4.69, 9.17) is 5.11 Å². The van der Waals surface area contributed by atoms with Crippen molar-refractivity contribution >= 4 is 43.3 Å². The van der Waals surface area contributed by atoms with Gasteiger partial charge in [0.05, 0.1) is 22.8 Å². The van der Waals surface area contributed by atoms with Crippen LogP contribution in [0.25, 0.3) is 0 Å². The SMILES string of the molecule is O=C(O)CCC(=O)N1CCS(=O)(=O)c2cccc(Br)c21. The second kappa shape index (κ2) is 5.53. The highest BCUT2D eigenvalue weighted by atomic mass is 79.9. The van der Waals surface area contributed by atoms with Crippen LogP contribution in [0.2, 0.25) is 0 Å². The first kappa shape index (κ1) is 15.0. The summed E-state index contributed by atoms with van der Waals surface area (Å²) in [6.45, 7) is 0.0381. The van der Waals surface area contributed by atoms with E-state index in [0.717, 1.165) is 0 Å². The molecule has 1 N–H and O–H groups in total. The van der Waals surface area contributed by atoms with Gasteiger partial charge in [-0.25, -0.2) is 8.42 Å². The van der Waals surface area contributed by atoms with Crippen LogP contribution in [-0.2, 0) is 19.4 Å². The summed E-state index contributed by atoms with van der Waals surface area (Å²) < 4.78 is 24.5. The van der Waals surface area contributed by atoms with Crippen LogP contribution in [0.4, 0.5) is 5.69 Å². The summed E-state index contributed by atoms with van der Waals surface area (Å²) in [5.41, 5.74) is 0.300. The van der Waals surface area contributed by atoms with Gasteiger partial charge in [0.2, 0.25) is 5.91 Å². The minimum Gasteiger partial charge on any atom is -0.481 e. The number of amides is 1. The molecule has 0 saturated carbocycles. The van der Waals surface area contributed by atoms with Gasteiger partial charge in [-0.2, -0.15) is 0 Å². The number of rotatable bonds is 3. The number of nitrogens with zero attached hydrogens (tertiary/aromatic N) is 1. The molecule has 0 spiro atoms. The van der Waals surface area contributed by atoms with Gasteiger partial charge in [-0.05, 0) is 28.1 Å². The number of para-hydroxylation sites is 1. The number of fused-ring (bicyclic) bond motifs is 1. The van der Waals surface area contributed by atoms with E-state index in [1.807, 2.05) is 0 Å². The minimum atomic E-state index is -3.40. The summed E-state index contributed by atoms with van der Waals surface area (Å²) in [5, 5.41) is 8.62. The van der Waals surface area contributed by atoms with Gasteiger partial charge in [-0.1, -0.05) is 6.07 Å². The van der Waals surface area contributed by atoms with Gasteiger partial charge in [0.15, 0.2) is 9.84 Å². The Kier molecular flexibility index (Phi) is 4.14. The van der Waals surface area contributed by atoms with Crippen molar-refractivity contribution in [2.45, 2.75) is 17.7 Å². The number of hydrogen-bond donors (Lipinski definition) is 1. The first-order valence-corrected chi connectivity index (χ1v) is 8.31. The number of carboxylic acid groups (broad SMARTS) is 1. The van der Waals surface area contributed by atoms with E-state index in [1.54, 1.807) is 12.1 Å². The molecule has 6 nitrogen and oxygen atoms in total. The van der Waals surface area contributed by atoms with Crippen molar-refractivity contribution in [1.29, 1.82) is 0 Å². The number of carboxylic acids is 1. The van der Waals surface area contributed by atoms with Crippen molar-refractivity contribution < 1.29 is 23.1 Å². The number of halogens is 1. The molecule has 0 atom stereocenters. The van der Waals surface area contributed by atoms with E-state index in [0.29, 0.717) is 10.2 Å². The Balaban J connectivity index is 2.40. The van der Waals surface area contributed by atoms with Gasteiger partial charge in [-0.15, -0.1) is 0 Å². The zero-order valence-electron chi connectivity index (χ0n) is 10.4. The van der Waals surface area contributed by atoms with Gasteiger partial charge in [-0.3, -0.25) is 9.59 Å². The van der Waals surface area contributed by atoms with Gasteiger partial charge in [0, 0.05) is 17.4 Å². The number of anilines is 1. The average Bonchev–Trinajstić information content (AvgIpc) is 2.37. The summed E-state index contributed by atoms with van der Waals surface area (Å²) in [5.74, 6) is -1.61. The van der Waals surface area contributed by atoms with Crippen molar-refractivity contribution in [3.05, 3.63) is 22.7 Å². The highest BCUT2D eigenvalue weighted by molar-refractivity contribution is 9.10. The molecule has 8 heteroatoms. The maximum Gasteiger partial charge on any atom is 0.303 e. The number of hydrogen-bond acceptors (Lipinski definition) is 4. The molecule has 0 fully saturated rings. The number of sulfone groups is 1. The van der Waals surface area contributed by atoms with Crippen LogP contribution in [0.15, 0.2) is 27.6 Å². The van der Waals surface area contributed by atoms with Crippen LogP contribution >= 0.6 is 15.9 Å². The largest absolute Gasteiger partial charge is 0.481 e. The van der Waals surface area contributed by atoms with Crippen LogP contribution in [0.5, 0.6) is 0 Å². The average molecular weight is 362 g/mol. The van der Waals surface area contributed by atoms with E-state index in [-0.39, 0.29) is 30.0 Å². The summed E-state index contributed by atoms with van der Waals surface area (Å²) >= 11 is 3.25. The summed E-state index contributed by atoms with van der Waals surface area (Å²) in [4.78, 5) is 24.0. The number of carbonyl (C=O) groups is 2. The molecular weight excluding hydrogens is 350 g/mol. The Labute approximate surface area is 124 Å². The van der Waals surface area contributed by atoms with Crippen LogP contribution in [0, 0.1) is 0 Å². The first-order valence-electron chi connectivity index (χ1n) is 5.86. The summed E-state index contributed by atoms with van der Waals surface area (Å²) in [7, 11) is -3.40. The zero-order valence-corrected chi connectivity index (χ0v) is 12.8. The Hall–Kier alpha value is -1.41.